The van der Waals surface area contributed by atoms with Gasteiger partial charge in [-0.2, -0.15) is 0 Å². The highest BCUT2D eigenvalue weighted by molar-refractivity contribution is 7.98. The molecule has 0 fully saturated rings. The molecule has 104 valence electrons. The van der Waals surface area contributed by atoms with Crippen molar-refractivity contribution in [2.24, 2.45) is 0 Å². The van der Waals surface area contributed by atoms with E-state index in [0.29, 0.717) is 5.02 Å². The van der Waals surface area contributed by atoms with Gasteiger partial charge in [-0.05, 0) is 37.3 Å². The molecule has 0 atom stereocenters. The van der Waals surface area contributed by atoms with Gasteiger partial charge in [-0.3, -0.25) is 4.79 Å². The lowest BCUT2D eigenvalue weighted by atomic mass is 10.2. The first-order valence-electron chi connectivity index (χ1n) is 6.16. The fourth-order valence-electron chi connectivity index (χ4n) is 1.81. The number of carbonyl (C=O) groups excluding carboxylic acids is 1. The second-order valence-electron chi connectivity index (χ2n) is 4.33. The summed E-state index contributed by atoms with van der Waals surface area (Å²) >= 11 is 7.69. The maximum absolute atomic E-state index is 11.2. The summed E-state index contributed by atoms with van der Waals surface area (Å²) in [4.78, 5) is 12.3. The van der Waals surface area contributed by atoms with Crippen molar-refractivity contribution in [2.75, 3.05) is 7.11 Å². The number of benzene rings is 2. The van der Waals surface area contributed by atoms with Crippen molar-refractivity contribution < 1.29 is 9.53 Å². The zero-order valence-electron chi connectivity index (χ0n) is 11.4. The van der Waals surface area contributed by atoms with Crippen LogP contribution >= 0.6 is 23.4 Å². The largest absolute Gasteiger partial charge is 0.496 e. The Hall–Kier alpha value is -1.45. The topological polar surface area (TPSA) is 26.3 Å². The predicted molar refractivity (Wildman–Crippen MR) is 84.0 cm³/mol. The molecule has 0 aromatic heterocycles. The number of thioether (sulfide) groups is 1. The number of carbonyl (C=O) groups is 1. The van der Waals surface area contributed by atoms with Crippen LogP contribution < -0.4 is 4.74 Å². The molecular formula is C16H15ClO2S. The molecule has 2 aromatic rings. The third-order valence-corrected chi connectivity index (χ3v) is 4.19. The van der Waals surface area contributed by atoms with Crippen molar-refractivity contribution in [1.82, 2.24) is 0 Å². The summed E-state index contributed by atoms with van der Waals surface area (Å²) in [5.41, 5.74) is 1.79. The second kappa shape index (κ2) is 6.82. The molecule has 2 nitrogen and oxygen atoms in total. The Morgan fingerprint density at radius 2 is 1.90 bits per heavy atom. The average Bonchev–Trinajstić information content (AvgIpc) is 2.45. The number of rotatable bonds is 5. The highest BCUT2D eigenvalue weighted by Crippen LogP contribution is 2.30. The molecular weight excluding hydrogens is 292 g/mol. The van der Waals surface area contributed by atoms with Crippen LogP contribution in [0.5, 0.6) is 5.75 Å². The number of ether oxygens (including phenoxy) is 1. The lowest BCUT2D eigenvalue weighted by molar-refractivity contribution is 0.101. The van der Waals surface area contributed by atoms with Gasteiger partial charge in [0.2, 0.25) is 0 Å². The molecule has 20 heavy (non-hydrogen) atoms. The molecule has 0 saturated carbocycles. The van der Waals surface area contributed by atoms with Crippen LogP contribution in [0.2, 0.25) is 5.02 Å². The zero-order valence-corrected chi connectivity index (χ0v) is 12.9. The van der Waals surface area contributed by atoms with Gasteiger partial charge in [0, 0.05) is 26.8 Å². The van der Waals surface area contributed by atoms with Gasteiger partial charge < -0.3 is 4.74 Å². The molecule has 0 amide bonds. The van der Waals surface area contributed by atoms with Crippen LogP contribution in [0.15, 0.2) is 47.4 Å². The van der Waals surface area contributed by atoms with Gasteiger partial charge in [0.05, 0.1) is 7.11 Å². The van der Waals surface area contributed by atoms with E-state index in [4.69, 9.17) is 16.3 Å². The first-order valence-corrected chi connectivity index (χ1v) is 7.52. The summed E-state index contributed by atoms with van der Waals surface area (Å²) in [5.74, 6) is 1.68. The Labute approximate surface area is 128 Å². The Bertz CT molecular complexity index is 608. The van der Waals surface area contributed by atoms with E-state index < -0.39 is 0 Å². The van der Waals surface area contributed by atoms with Gasteiger partial charge in [0.1, 0.15) is 5.75 Å². The lowest BCUT2D eigenvalue weighted by Gasteiger charge is -2.09. The molecule has 0 unspecified atom stereocenters. The van der Waals surface area contributed by atoms with Crippen LogP contribution in [-0.4, -0.2) is 12.9 Å². The van der Waals surface area contributed by atoms with E-state index in [1.807, 2.05) is 42.5 Å². The maximum atomic E-state index is 11.2. The van der Waals surface area contributed by atoms with Gasteiger partial charge in [0.25, 0.3) is 0 Å². The van der Waals surface area contributed by atoms with E-state index in [9.17, 15) is 4.79 Å². The first kappa shape index (κ1) is 14.9. The minimum absolute atomic E-state index is 0.0815. The summed E-state index contributed by atoms with van der Waals surface area (Å²) in [6, 6.07) is 13.2. The van der Waals surface area contributed by atoms with Gasteiger partial charge >= 0.3 is 0 Å². The van der Waals surface area contributed by atoms with Crippen LogP contribution in [0.4, 0.5) is 0 Å². The number of hydrogen-bond donors (Lipinski definition) is 0. The van der Waals surface area contributed by atoms with E-state index in [1.54, 1.807) is 25.8 Å². The zero-order chi connectivity index (χ0) is 14.5. The second-order valence-corrected chi connectivity index (χ2v) is 5.81. The van der Waals surface area contributed by atoms with Crippen molar-refractivity contribution in [2.45, 2.75) is 17.6 Å². The number of halogens is 1. The molecule has 2 aromatic carbocycles. The Morgan fingerprint density at radius 3 is 2.50 bits per heavy atom. The van der Waals surface area contributed by atoms with Crippen LogP contribution in [-0.2, 0) is 5.75 Å². The molecule has 4 heteroatoms. The molecule has 0 N–H and O–H groups in total. The van der Waals surface area contributed by atoms with Gasteiger partial charge in [-0.1, -0.05) is 23.7 Å². The van der Waals surface area contributed by atoms with E-state index in [2.05, 4.69) is 0 Å². The molecule has 0 aliphatic heterocycles. The summed E-state index contributed by atoms with van der Waals surface area (Å²) in [7, 11) is 1.65. The van der Waals surface area contributed by atoms with Crippen LogP contribution in [0.25, 0.3) is 0 Å². The smallest absolute Gasteiger partial charge is 0.159 e. The molecule has 0 aliphatic rings. The van der Waals surface area contributed by atoms with Gasteiger partial charge in [-0.25, -0.2) is 0 Å². The summed E-state index contributed by atoms with van der Waals surface area (Å²) in [6.07, 6.45) is 0. The number of ketones is 1. The summed E-state index contributed by atoms with van der Waals surface area (Å²) < 4.78 is 5.32. The molecule has 0 bridgehead atoms. The van der Waals surface area contributed by atoms with Crippen molar-refractivity contribution in [3.05, 3.63) is 58.6 Å². The van der Waals surface area contributed by atoms with E-state index in [1.165, 1.54) is 0 Å². The minimum atomic E-state index is 0.0815. The fourth-order valence-corrected chi connectivity index (χ4v) is 2.88. The highest BCUT2D eigenvalue weighted by atomic mass is 35.5. The Kier molecular flexibility index (Phi) is 5.10. The van der Waals surface area contributed by atoms with E-state index in [-0.39, 0.29) is 5.78 Å². The minimum Gasteiger partial charge on any atom is -0.496 e. The fraction of sp³-hybridized carbons (Fsp3) is 0.188. The third kappa shape index (κ3) is 3.78. The molecule has 0 aliphatic carbocycles. The van der Waals surface area contributed by atoms with Crippen molar-refractivity contribution in [1.29, 1.82) is 0 Å². The van der Waals surface area contributed by atoms with Crippen LogP contribution in [0.3, 0.4) is 0 Å². The normalized spacial score (nSPS) is 10.3. The monoisotopic (exact) mass is 306 g/mol. The number of methoxy groups -OCH3 is 1. The average molecular weight is 307 g/mol. The third-order valence-electron chi connectivity index (χ3n) is 2.90. The molecule has 0 saturated heterocycles. The van der Waals surface area contributed by atoms with Gasteiger partial charge in [0.15, 0.2) is 5.78 Å². The Balaban J connectivity index is 2.08. The standard InChI is InChI=1S/C16H15ClO2S/c1-11(18)12-3-6-15(7-4-12)20-10-13-9-14(17)5-8-16(13)19-2/h3-9H,10H2,1-2H3. The molecule has 0 radical (unpaired) electrons. The SMILES string of the molecule is COc1ccc(Cl)cc1CSc1ccc(C(C)=O)cc1. The quantitative estimate of drug-likeness (QED) is 0.584. The van der Waals surface area contributed by atoms with Crippen molar-refractivity contribution in [3.8, 4) is 5.75 Å². The van der Waals surface area contributed by atoms with E-state index >= 15 is 0 Å². The molecule has 2 rings (SSSR count). The summed E-state index contributed by atoms with van der Waals surface area (Å²) in [6.45, 7) is 1.57. The first-order chi connectivity index (χ1) is 9.60. The molecule has 0 heterocycles. The van der Waals surface area contributed by atoms with Crippen molar-refractivity contribution in [3.63, 3.8) is 0 Å². The highest BCUT2D eigenvalue weighted by Gasteiger charge is 2.05. The summed E-state index contributed by atoms with van der Waals surface area (Å²) in [5, 5.41) is 0.702. The maximum Gasteiger partial charge on any atom is 0.159 e. The van der Waals surface area contributed by atoms with Crippen molar-refractivity contribution >= 4 is 29.1 Å². The number of hydrogen-bond acceptors (Lipinski definition) is 3. The van der Waals surface area contributed by atoms with E-state index in [0.717, 1.165) is 27.5 Å². The van der Waals surface area contributed by atoms with Crippen LogP contribution in [0, 0.1) is 0 Å². The predicted octanol–water partition coefficient (Wildman–Crippen LogP) is 4.84. The lowest BCUT2D eigenvalue weighted by Crippen LogP contribution is -1.91. The van der Waals surface area contributed by atoms with Crippen LogP contribution in [0.1, 0.15) is 22.8 Å². The Morgan fingerprint density at radius 1 is 1.20 bits per heavy atom. The number of Topliss-reactive ketones (excluding diaryl/α,β-unsaturated/α-hetero) is 1. The van der Waals surface area contributed by atoms with Gasteiger partial charge in [-0.15, -0.1) is 11.8 Å². The molecule has 0 spiro atoms.